The van der Waals surface area contributed by atoms with Crippen molar-refractivity contribution in [1.82, 2.24) is 4.90 Å². The van der Waals surface area contributed by atoms with Gasteiger partial charge in [-0.2, -0.15) is 0 Å². The van der Waals surface area contributed by atoms with Crippen molar-refractivity contribution in [3.05, 3.63) is 81.4 Å². The number of benzene rings is 2. The standard InChI is InChI=1S/C18H16F2N2O3/c1-12(14-7-9-15(19)16(20)11-14)21(2)18(23)10-8-13-5-3-4-6-17(13)22(24)25/h3-12H,1-2H3/b10-8+. The molecule has 0 fully saturated rings. The van der Waals surface area contributed by atoms with Crippen LogP contribution in [0.5, 0.6) is 0 Å². The van der Waals surface area contributed by atoms with E-state index in [1.807, 2.05) is 0 Å². The van der Waals surface area contributed by atoms with E-state index < -0.39 is 28.5 Å². The van der Waals surface area contributed by atoms with Gasteiger partial charge < -0.3 is 4.90 Å². The molecule has 1 amide bonds. The summed E-state index contributed by atoms with van der Waals surface area (Å²) in [7, 11) is 1.51. The molecule has 0 aliphatic heterocycles. The van der Waals surface area contributed by atoms with E-state index in [9.17, 15) is 23.7 Å². The lowest BCUT2D eigenvalue weighted by Crippen LogP contribution is -2.28. The van der Waals surface area contributed by atoms with Crippen molar-refractivity contribution >= 4 is 17.7 Å². The average Bonchev–Trinajstić information content (AvgIpc) is 2.60. The van der Waals surface area contributed by atoms with E-state index in [1.54, 1.807) is 13.0 Å². The van der Waals surface area contributed by atoms with Crippen molar-refractivity contribution in [2.24, 2.45) is 0 Å². The summed E-state index contributed by atoms with van der Waals surface area (Å²) in [5, 5.41) is 11.0. The summed E-state index contributed by atoms with van der Waals surface area (Å²) in [5.41, 5.74) is 0.631. The Morgan fingerprint density at radius 2 is 1.88 bits per heavy atom. The van der Waals surface area contributed by atoms with Crippen LogP contribution < -0.4 is 0 Å². The molecule has 0 bridgehead atoms. The molecule has 0 radical (unpaired) electrons. The first-order valence-corrected chi connectivity index (χ1v) is 7.44. The SMILES string of the molecule is CC(c1ccc(F)c(F)c1)N(C)C(=O)/C=C/c1ccccc1[N+](=O)[O-]. The van der Waals surface area contributed by atoms with Gasteiger partial charge in [-0.25, -0.2) is 8.78 Å². The van der Waals surface area contributed by atoms with Crippen molar-refractivity contribution in [3.8, 4) is 0 Å². The van der Waals surface area contributed by atoms with E-state index in [-0.39, 0.29) is 5.69 Å². The third-order valence-electron chi connectivity index (χ3n) is 3.89. The molecule has 0 aliphatic carbocycles. The van der Waals surface area contributed by atoms with Crippen LogP contribution in [-0.4, -0.2) is 22.8 Å². The van der Waals surface area contributed by atoms with Crippen LogP contribution in [0.2, 0.25) is 0 Å². The highest BCUT2D eigenvalue weighted by Crippen LogP contribution is 2.22. The fourth-order valence-corrected chi connectivity index (χ4v) is 2.26. The molecule has 0 spiro atoms. The minimum atomic E-state index is -0.986. The summed E-state index contributed by atoms with van der Waals surface area (Å²) in [5.74, 6) is -2.36. The fourth-order valence-electron chi connectivity index (χ4n) is 2.26. The Morgan fingerprint density at radius 1 is 1.20 bits per heavy atom. The zero-order valence-corrected chi connectivity index (χ0v) is 13.6. The first-order valence-electron chi connectivity index (χ1n) is 7.44. The zero-order valence-electron chi connectivity index (χ0n) is 13.6. The van der Waals surface area contributed by atoms with Gasteiger partial charge in [0.1, 0.15) is 0 Å². The first-order chi connectivity index (χ1) is 11.8. The lowest BCUT2D eigenvalue weighted by atomic mass is 10.1. The number of rotatable bonds is 5. The molecule has 5 nitrogen and oxygen atoms in total. The molecule has 0 aromatic heterocycles. The molecule has 0 aliphatic rings. The van der Waals surface area contributed by atoms with Gasteiger partial charge in [0.05, 0.1) is 16.5 Å². The number of hydrogen-bond donors (Lipinski definition) is 0. The molecule has 2 aromatic carbocycles. The third kappa shape index (κ3) is 4.26. The van der Waals surface area contributed by atoms with Gasteiger partial charge in [-0.15, -0.1) is 0 Å². The summed E-state index contributed by atoms with van der Waals surface area (Å²) in [6.07, 6.45) is 2.56. The normalized spacial score (nSPS) is 12.2. The van der Waals surface area contributed by atoms with Gasteiger partial charge in [0.15, 0.2) is 11.6 Å². The van der Waals surface area contributed by atoms with Crippen LogP contribution in [0.3, 0.4) is 0 Å². The molecule has 7 heteroatoms. The zero-order chi connectivity index (χ0) is 18.6. The number of likely N-dealkylation sites (N-methyl/N-ethyl adjacent to an activating group) is 1. The molecule has 130 valence electrons. The molecular weight excluding hydrogens is 330 g/mol. The number of nitro benzene ring substituents is 1. The van der Waals surface area contributed by atoms with Crippen LogP contribution in [0.25, 0.3) is 6.08 Å². The number of hydrogen-bond acceptors (Lipinski definition) is 3. The number of carbonyl (C=O) groups excluding carboxylic acids is 1. The first kappa shape index (κ1) is 18.3. The van der Waals surface area contributed by atoms with Crippen molar-refractivity contribution in [3.63, 3.8) is 0 Å². The average molecular weight is 346 g/mol. The minimum absolute atomic E-state index is 0.108. The van der Waals surface area contributed by atoms with Gasteiger partial charge in [0, 0.05) is 19.2 Å². The number of para-hydroxylation sites is 1. The lowest BCUT2D eigenvalue weighted by molar-refractivity contribution is -0.385. The second kappa shape index (κ2) is 7.65. The molecule has 0 saturated carbocycles. The Kier molecular flexibility index (Phi) is 5.59. The summed E-state index contributed by atoms with van der Waals surface area (Å²) in [4.78, 5) is 24.0. The van der Waals surface area contributed by atoms with Crippen LogP contribution >= 0.6 is 0 Å². The van der Waals surface area contributed by atoms with Crippen molar-refractivity contribution in [2.45, 2.75) is 13.0 Å². The maximum absolute atomic E-state index is 13.3. The maximum Gasteiger partial charge on any atom is 0.276 e. The van der Waals surface area contributed by atoms with Gasteiger partial charge in [-0.3, -0.25) is 14.9 Å². The molecule has 1 atom stereocenters. The highest BCUT2D eigenvalue weighted by molar-refractivity contribution is 5.92. The molecule has 0 saturated heterocycles. The highest BCUT2D eigenvalue weighted by atomic mass is 19.2. The third-order valence-corrected chi connectivity index (χ3v) is 3.89. The number of nitrogens with zero attached hydrogens (tertiary/aromatic N) is 2. The summed E-state index contributed by atoms with van der Waals surface area (Å²) >= 11 is 0. The predicted molar refractivity (Wildman–Crippen MR) is 89.7 cm³/mol. The smallest absolute Gasteiger partial charge is 0.276 e. The van der Waals surface area contributed by atoms with Gasteiger partial charge in [-0.05, 0) is 36.8 Å². The van der Waals surface area contributed by atoms with Gasteiger partial charge >= 0.3 is 0 Å². The second-order valence-corrected chi connectivity index (χ2v) is 5.45. The Labute approximate surface area is 143 Å². The number of amides is 1. The van der Waals surface area contributed by atoms with Crippen LogP contribution in [0, 0.1) is 21.7 Å². The molecular formula is C18H16F2N2O3. The van der Waals surface area contributed by atoms with Gasteiger partial charge in [0.25, 0.3) is 5.69 Å². The van der Waals surface area contributed by atoms with E-state index >= 15 is 0 Å². The number of halogens is 2. The second-order valence-electron chi connectivity index (χ2n) is 5.45. The topological polar surface area (TPSA) is 63.5 Å². The molecule has 25 heavy (non-hydrogen) atoms. The summed E-state index contributed by atoms with van der Waals surface area (Å²) < 4.78 is 26.3. The van der Waals surface area contributed by atoms with Crippen molar-refractivity contribution in [1.29, 1.82) is 0 Å². The van der Waals surface area contributed by atoms with Crippen molar-refractivity contribution < 1.29 is 18.5 Å². The Bertz CT molecular complexity index is 837. The van der Waals surface area contributed by atoms with E-state index in [0.717, 1.165) is 12.1 Å². The Hall–Kier alpha value is -3.09. The van der Waals surface area contributed by atoms with E-state index in [2.05, 4.69) is 0 Å². The van der Waals surface area contributed by atoms with Crippen LogP contribution in [-0.2, 0) is 4.79 Å². The van der Waals surface area contributed by atoms with Gasteiger partial charge in [0.2, 0.25) is 5.91 Å². The molecule has 1 unspecified atom stereocenters. The molecule has 2 aromatic rings. The quantitative estimate of drug-likeness (QED) is 0.465. The van der Waals surface area contributed by atoms with Crippen LogP contribution in [0.15, 0.2) is 48.5 Å². The van der Waals surface area contributed by atoms with E-state index in [1.165, 1.54) is 48.4 Å². The fraction of sp³-hybridized carbons (Fsp3) is 0.167. The van der Waals surface area contributed by atoms with Crippen molar-refractivity contribution in [2.75, 3.05) is 7.05 Å². The maximum atomic E-state index is 13.3. The Morgan fingerprint density at radius 3 is 2.52 bits per heavy atom. The number of carbonyl (C=O) groups is 1. The van der Waals surface area contributed by atoms with Gasteiger partial charge in [-0.1, -0.05) is 18.2 Å². The summed E-state index contributed by atoms with van der Waals surface area (Å²) in [6, 6.07) is 8.98. The molecule has 0 heterocycles. The molecule has 2 rings (SSSR count). The minimum Gasteiger partial charge on any atom is -0.335 e. The lowest BCUT2D eigenvalue weighted by Gasteiger charge is -2.24. The van der Waals surface area contributed by atoms with Crippen LogP contribution in [0.4, 0.5) is 14.5 Å². The molecule has 0 N–H and O–H groups in total. The predicted octanol–water partition coefficient (Wildman–Crippen LogP) is 4.11. The monoisotopic (exact) mass is 346 g/mol. The highest BCUT2D eigenvalue weighted by Gasteiger charge is 2.17. The van der Waals surface area contributed by atoms with E-state index in [0.29, 0.717) is 11.1 Å². The van der Waals surface area contributed by atoms with Crippen LogP contribution in [0.1, 0.15) is 24.1 Å². The number of nitro groups is 1. The summed E-state index contributed by atoms with van der Waals surface area (Å²) in [6.45, 7) is 1.67. The van der Waals surface area contributed by atoms with E-state index in [4.69, 9.17) is 0 Å². The largest absolute Gasteiger partial charge is 0.335 e. The Balaban J connectivity index is 2.17.